The van der Waals surface area contributed by atoms with Gasteiger partial charge in [-0.25, -0.2) is 12.8 Å². The average molecular weight is 593 g/mol. The van der Waals surface area contributed by atoms with Crippen molar-refractivity contribution in [3.8, 4) is 23.0 Å². The summed E-state index contributed by atoms with van der Waals surface area (Å²) in [5.41, 5.74) is -0.970. The molecule has 4 rings (SSSR count). The number of fused-ring (bicyclic) bond motifs is 1. The molecule has 0 atom stereocenters. The second-order valence-electron chi connectivity index (χ2n) is 9.03. The van der Waals surface area contributed by atoms with E-state index in [-0.39, 0.29) is 41.1 Å². The zero-order valence-electron chi connectivity index (χ0n) is 22.0. The van der Waals surface area contributed by atoms with Crippen molar-refractivity contribution in [3.05, 3.63) is 83.8 Å². The molecule has 1 heterocycles. The number of benzene rings is 3. The number of sulfone groups is 1. The van der Waals surface area contributed by atoms with Gasteiger partial charge in [-0.1, -0.05) is 18.2 Å². The number of halogens is 4. The van der Waals surface area contributed by atoms with Crippen LogP contribution in [0.4, 0.5) is 17.6 Å². The molecule has 0 bridgehead atoms. The van der Waals surface area contributed by atoms with Crippen LogP contribution in [0, 0.1) is 5.82 Å². The highest BCUT2D eigenvalue weighted by Crippen LogP contribution is 2.38. The van der Waals surface area contributed by atoms with Gasteiger partial charge in [-0.2, -0.15) is 13.2 Å². The van der Waals surface area contributed by atoms with Crippen molar-refractivity contribution in [2.24, 2.45) is 0 Å². The summed E-state index contributed by atoms with van der Waals surface area (Å²) in [6.45, 7) is -0.236. The van der Waals surface area contributed by atoms with Crippen molar-refractivity contribution in [3.63, 3.8) is 0 Å². The first-order valence-electron chi connectivity index (χ1n) is 11.9. The first-order chi connectivity index (χ1) is 19.3. The lowest BCUT2D eigenvalue weighted by molar-refractivity contribution is -0.139. The highest BCUT2D eigenvalue weighted by Gasteiger charge is 2.36. The number of hydrogen-bond donors (Lipinski definition) is 0. The Hall–Kier alpha value is -4.39. The molecule has 0 N–H and O–H groups in total. The third-order valence-corrected chi connectivity index (χ3v) is 7.68. The fourth-order valence-electron chi connectivity index (χ4n) is 3.86. The van der Waals surface area contributed by atoms with E-state index in [1.807, 2.05) is 0 Å². The third-order valence-electron chi connectivity index (χ3n) is 5.94. The fraction of sp³-hybridized carbons (Fsp3) is 0.214. The van der Waals surface area contributed by atoms with Crippen molar-refractivity contribution >= 4 is 26.6 Å². The molecule has 1 aromatic heterocycles. The predicted octanol–water partition coefficient (Wildman–Crippen LogP) is 5.63. The van der Waals surface area contributed by atoms with Crippen LogP contribution < -0.4 is 14.2 Å². The van der Waals surface area contributed by atoms with Gasteiger partial charge in [0.2, 0.25) is 0 Å². The third kappa shape index (κ3) is 6.68. The van der Waals surface area contributed by atoms with E-state index in [0.29, 0.717) is 17.0 Å². The topological polar surface area (TPSA) is 95.0 Å². The highest BCUT2D eigenvalue weighted by molar-refractivity contribution is 7.90. The van der Waals surface area contributed by atoms with Gasteiger partial charge < -0.3 is 19.1 Å². The van der Waals surface area contributed by atoms with Crippen LogP contribution in [0.5, 0.6) is 23.0 Å². The number of nitrogens with zero attached hydrogens (tertiary/aromatic N) is 2. The lowest BCUT2D eigenvalue weighted by Gasteiger charge is -2.15. The maximum Gasteiger partial charge on any atom is 0.417 e. The molecule has 3 aromatic carbocycles. The van der Waals surface area contributed by atoms with Gasteiger partial charge in [-0.3, -0.25) is 9.78 Å². The van der Waals surface area contributed by atoms with Crippen LogP contribution >= 0.6 is 0 Å². The van der Waals surface area contributed by atoms with Gasteiger partial charge in [-0.05, 0) is 42.0 Å². The van der Waals surface area contributed by atoms with E-state index in [9.17, 15) is 26.4 Å². The smallest absolute Gasteiger partial charge is 0.417 e. The van der Waals surface area contributed by atoms with Gasteiger partial charge >= 0.3 is 6.18 Å². The van der Waals surface area contributed by atoms with Crippen molar-refractivity contribution < 1.29 is 45.0 Å². The van der Waals surface area contributed by atoms with E-state index in [4.69, 9.17) is 14.2 Å². The molecule has 0 saturated heterocycles. The Kier molecular flexibility index (Phi) is 8.38. The minimum atomic E-state index is -4.88. The molecule has 0 aliphatic rings. The summed E-state index contributed by atoms with van der Waals surface area (Å²) in [7, 11) is 0.123. The number of carbonyl (C=O) groups excluding carboxylic acids is 1. The maximum atomic E-state index is 15.0. The quantitative estimate of drug-likeness (QED) is 0.232. The van der Waals surface area contributed by atoms with Crippen LogP contribution in [0.1, 0.15) is 11.1 Å². The van der Waals surface area contributed by atoms with E-state index < -0.39 is 38.0 Å². The molecule has 8 nitrogen and oxygen atoms in total. The van der Waals surface area contributed by atoms with Crippen molar-refractivity contribution in [1.29, 1.82) is 0 Å². The van der Waals surface area contributed by atoms with Crippen LogP contribution in [0.15, 0.2) is 71.8 Å². The molecule has 0 unspecified atom stereocenters. The number of carbonyl (C=O) groups is 1. The van der Waals surface area contributed by atoms with E-state index in [2.05, 4.69) is 4.98 Å². The number of methoxy groups -OCH3 is 1. The van der Waals surface area contributed by atoms with E-state index in [0.717, 1.165) is 18.2 Å². The highest BCUT2D eigenvalue weighted by atomic mass is 32.2. The number of rotatable bonds is 9. The summed E-state index contributed by atoms with van der Waals surface area (Å²) in [6, 6.07) is 11.7. The monoisotopic (exact) mass is 592 g/mol. The number of amides is 1. The molecule has 1 amide bonds. The molecule has 0 saturated carbocycles. The number of alkyl halides is 3. The van der Waals surface area contributed by atoms with Gasteiger partial charge in [-0.15, -0.1) is 0 Å². The lowest BCUT2D eigenvalue weighted by atomic mass is 10.1. The van der Waals surface area contributed by atoms with Gasteiger partial charge in [0.05, 0.1) is 28.8 Å². The Morgan fingerprint density at radius 3 is 2.34 bits per heavy atom. The van der Waals surface area contributed by atoms with Crippen LogP contribution in [0.25, 0.3) is 10.9 Å². The molecule has 0 aliphatic heterocycles. The summed E-state index contributed by atoms with van der Waals surface area (Å²) in [6.07, 6.45) is -3.46. The standard InChI is InChI=1S/C28H24F4N2O6S/c1-34(2)27(35)15-39-25-14-21-18(13-24(25)38-3)22(10-11-33-21)40-23-9-8-17(12-20(23)29)16-41(36,37)26-7-5-4-6-19(26)28(30,31)32/h4-14H,15-16H2,1-3H3. The molecule has 0 aliphatic carbocycles. The zero-order chi connectivity index (χ0) is 29.9. The van der Waals surface area contributed by atoms with Gasteiger partial charge in [0.25, 0.3) is 5.91 Å². The molecule has 41 heavy (non-hydrogen) atoms. The summed E-state index contributed by atoms with van der Waals surface area (Å²) in [5, 5.41) is 0.422. The van der Waals surface area contributed by atoms with Gasteiger partial charge in [0.1, 0.15) is 5.75 Å². The first kappa shape index (κ1) is 29.6. The fourth-order valence-corrected chi connectivity index (χ4v) is 5.44. The molecule has 0 fully saturated rings. The summed E-state index contributed by atoms with van der Waals surface area (Å²) in [5.74, 6) is -1.61. The number of likely N-dealkylation sites (N-methyl/N-ethyl adjacent to an activating group) is 1. The van der Waals surface area contributed by atoms with Crippen LogP contribution in [0.2, 0.25) is 0 Å². The van der Waals surface area contributed by atoms with Crippen molar-refractivity contribution in [2.75, 3.05) is 27.8 Å². The van der Waals surface area contributed by atoms with E-state index in [1.165, 1.54) is 48.5 Å². The molecule has 0 radical (unpaired) electrons. The summed E-state index contributed by atoms with van der Waals surface area (Å²) >= 11 is 0. The largest absolute Gasteiger partial charge is 0.493 e. The lowest BCUT2D eigenvalue weighted by Crippen LogP contribution is -2.27. The predicted molar refractivity (Wildman–Crippen MR) is 141 cm³/mol. The molecular weight excluding hydrogens is 568 g/mol. The number of ether oxygens (including phenoxy) is 3. The second-order valence-corrected chi connectivity index (χ2v) is 11.0. The van der Waals surface area contributed by atoms with Crippen LogP contribution in [0.3, 0.4) is 0 Å². The van der Waals surface area contributed by atoms with Gasteiger partial charge in [0.15, 0.2) is 39.5 Å². The zero-order valence-corrected chi connectivity index (χ0v) is 22.8. The average Bonchev–Trinajstić information content (AvgIpc) is 2.92. The van der Waals surface area contributed by atoms with Crippen molar-refractivity contribution in [1.82, 2.24) is 9.88 Å². The Morgan fingerprint density at radius 1 is 0.951 bits per heavy atom. The van der Waals surface area contributed by atoms with Gasteiger partial charge in [0, 0.05) is 31.7 Å². The number of hydrogen-bond acceptors (Lipinski definition) is 7. The Labute approximate surface area is 233 Å². The Morgan fingerprint density at radius 2 is 1.68 bits per heavy atom. The SMILES string of the molecule is COc1cc2c(Oc3ccc(CS(=O)(=O)c4ccccc4C(F)(F)F)cc3F)ccnc2cc1OCC(=O)N(C)C. The maximum absolute atomic E-state index is 15.0. The Balaban J connectivity index is 1.60. The minimum absolute atomic E-state index is 0.0675. The Bertz CT molecular complexity index is 1710. The second kappa shape index (κ2) is 11.6. The molecule has 13 heteroatoms. The normalized spacial score (nSPS) is 11.8. The molecule has 0 spiro atoms. The summed E-state index contributed by atoms with van der Waals surface area (Å²) in [4.78, 5) is 16.6. The minimum Gasteiger partial charge on any atom is -0.493 e. The first-order valence-corrected chi connectivity index (χ1v) is 13.6. The van der Waals surface area contributed by atoms with E-state index in [1.54, 1.807) is 20.2 Å². The van der Waals surface area contributed by atoms with Crippen LogP contribution in [-0.4, -0.2) is 52.0 Å². The molecule has 4 aromatic rings. The molecule has 216 valence electrons. The number of aromatic nitrogens is 1. The molecular formula is C28H24F4N2O6S. The van der Waals surface area contributed by atoms with Crippen molar-refractivity contribution in [2.45, 2.75) is 16.8 Å². The van der Waals surface area contributed by atoms with Crippen LogP contribution in [-0.2, 0) is 26.6 Å². The number of pyridine rings is 1. The summed E-state index contributed by atoms with van der Waals surface area (Å²) < 4.78 is 97.4. The van der Waals surface area contributed by atoms with E-state index >= 15 is 4.39 Å².